The first kappa shape index (κ1) is 24.9. The zero-order chi connectivity index (χ0) is 20.0. The number of hydrogen-bond acceptors (Lipinski definition) is 4. The van der Waals surface area contributed by atoms with Crippen molar-refractivity contribution in [3.8, 4) is 0 Å². The second kappa shape index (κ2) is 11.3. The van der Waals surface area contributed by atoms with E-state index in [1.165, 1.54) is 63.2 Å². The number of likely N-dealkylation sites (tertiary alicyclic amines) is 2. The van der Waals surface area contributed by atoms with Crippen molar-refractivity contribution in [1.82, 2.24) is 20.4 Å². The molecule has 3 heterocycles. The summed E-state index contributed by atoms with van der Waals surface area (Å²) < 4.78 is 0. The highest BCUT2D eigenvalue weighted by molar-refractivity contribution is 14.0. The lowest BCUT2D eigenvalue weighted by Gasteiger charge is -2.50. The summed E-state index contributed by atoms with van der Waals surface area (Å²) in [5, 5.41) is 9.43. The maximum Gasteiger partial charge on any atom is 0.191 e. The molecule has 1 aromatic heterocycles. The van der Waals surface area contributed by atoms with Crippen LogP contribution in [0.25, 0.3) is 0 Å². The highest BCUT2D eigenvalue weighted by atomic mass is 127. The summed E-state index contributed by atoms with van der Waals surface area (Å²) in [6, 6.07) is 4.36. The minimum Gasteiger partial charge on any atom is -0.356 e. The van der Waals surface area contributed by atoms with Crippen LogP contribution in [-0.2, 0) is 5.41 Å². The fourth-order valence-electron chi connectivity index (χ4n) is 4.53. The number of piperidine rings is 2. The Labute approximate surface area is 198 Å². The minimum absolute atomic E-state index is 0. The van der Waals surface area contributed by atoms with E-state index in [1.54, 1.807) is 0 Å². The van der Waals surface area contributed by atoms with Crippen molar-refractivity contribution in [2.45, 2.75) is 56.9 Å². The third-order valence-corrected chi connectivity index (χ3v) is 7.87. The molecule has 0 spiro atoms. The molecular formula is C22H40IN5S. The first-order valence-electron chi connectivity index (χ1n) is 10.9. The van der Waals surface area contributed by atoms with Crippen LogP contribution in [0.2, 0.25) is 0 Å². The zero-order valence-electron chi connectivity index (χ0n) is 18.7. The molecule has 0 atom stereocenters. The smallest absolute Gasteiger partial charge is 0.191 e. The summed E-state index contributed by atoms with van der Waals surface area (Å²) >= 11 is 1.83. The average molecular weight is 534 g/mol. The van der Waals surface area contributed by atoms with Crippen molar-refractivity contribution in [3.63, 3.8) is 0 Å². The summed E-state index contributed by atoms with van der Waals surface area (Å²) in [5.74, 6) is 0.931. The third kappa shape index (κ3) is 6.55. The van der Waals surface area contributed by atoms with Gasteiger partial charge in [-0.15, -0.1) is 35.3 Å². The van der Waals surface area contributed by atoms with Gasteiger partial charge in [-0.2, -0.15) is 0 Å². The van der Waals surface area contributed by atoms with Gasteiger partial charge in [0.25, 0.3) is 0 Å². The Morgan fingerprint density at radius 3 is 2.41 bits per heavy atom. The fraction of sp³-hybridized carbons (Fsp3) is 0.773. The van der Waals surface area contributed by atoms with Crippen LogP contribution in [0.5, 0.6) is 0 Å². The second-order valence-electron chi connectivity index (χ2n) is 9.22. The van der Waals surface area contributed by atoms with E-state index in [4.69, 9.17) is 0 Å². The number of nitrogens with one attached hydrogen (secondary N) is 2. The maximum absolute atomic E-state index is 4.52. The molecule has 2 aliphatic rings. The summed E-state index contributed by atoms with van der Waals surface area (Å²) in [7, 11) is 4.14. The van der Waals surface area contributed by atoms with Crippen LogP contribution in [0.4, 0.5) is 0 Å². The van der Waals surface area contributed by atoms with Gasteiger partial charge in [0, 0.05) is 36.0 Å². The van der Waals surface area contributed by atoms with Crippen LogP contribution in [0.3, 0.4) is 0 Å². The van der Waals surface area contributed by atoms with Gasteiger partial charge in [-0.05, 0) is 70.4 Å². The Balaban J connectivity index is 0.00000300. The minimum atomic E-state index is 0. The topological polar surface area (TPSA) is 42.9 Å². The molecule has 0 radical (unpaired) electrons. The van der Waals surface area contributed by atoms with Crippen molar-refractivity contribution in [1.29, 1.82) is 0 Å². The van der Waals surface area contributed by atoms with E-state index in [0.717, 1.165) is 19.0 Å². The van der Waals surface area contributed by atoms with Crippen molar-refractivity contribution < 1.29 is 0 Å². The molecule has 0 amide bonds. The third-order valence-electron chi connectivity index (χ3n) is 6.64. The molecule has 2 N–H and O–H groups in total. The zero-order valence-corrected chi connectivity index (χ0v) is 21.8. The number of rotatable bonds is 6. The highest BCUT2D eigenvalue weighted by Gasteiger charge is 2.39. The molecule has 0 bridgehead atoms. The molecule has 0 saturated carbocycles. The standard InChI is InChI=1S/C22H39N5S.HI/c1-21(2,19-9-8-16-28-19)17-24-20(23-3)25-18-22(10-14-26(4)15-11-22)27-12-6-5-7-13-27;/h8-9,16H,5-7,10-15,17-18H2,1-4H3,(H2,23,24,25);1H. The SMILES string of the molecule is CN=C(NCC(C)(C)c1cccs1)NCC1(N2CCCCC2)CCN(C)CC1.I. The molecule has 5 nitrogen and oxygen atoms in total. The van der Waals surface area contributed by atoms with Crippen LogP contribution in [0, 0.1) is 0 Å². The van der Waals surface area contributed by atoms with E-state index < -0.39 is 0 Å². The maximum atomic E-state index is 4.52. The number of thiophene rings is 1. The molecular weight excluding hydrogens is 493 g/mol. The average Bonchev–Trinajstić information content (AvgIpc) is 3.26. The van der Waals surface area contributed by atoms with E-state index in [1.807, 2.05) is 18.4 Å². The molecule has 7 heteroatoms. The van der Waals surface area contributed by atoms with E-state index in [9.17, 15) is 0 Å². The van der Waals surface area contributed by atoms with Gasteiger partial charge in [0.05, 0.1) is 0 Å². The van der Waals surface area contributed by atoms with Crippen LogP contribution >= 0.6 is 35.3 Å². The van der Waals surface area contributed by atoms with Crippen LogP contribution < -0.4 is 10.6 Å². The molecule has 2 fully saturated rings. The predicted molar refractivity (Wildman–Crippen MR) is 137 cm³/mol. The van der Waals surface area contributed by atoms with Crippen LogP contribution in [0.15, 0.2) is 22.5 Å². The van der Waals surface area contributed by atoms with E-state index in [2.05, 4.69) is 63.8 Å². The van der Waals surface area contributed by atoms with Gasteiger partial charge in [0.1, 0.15) is 0 Å². The van der Waals surface area contributed by atoms with E-state index in [-0.39, 0.29) is 34.9 Å². The Kier molecular flexibility index (Phi) is 9.70. The molecule has 166 valence electrons. The molecule has 0 aromatic carbocycles. The van der Waals surface area contributed by atoms with Crippen LogP contribution in [0.1, 0.15) is 50.8 Å². The first-order valence-corrected chi connectivity index (χ1v) is 11.8. The quantitative estimate of drug-likeness (QED) is 0.332. The molecule has 0 aliphatic carbocycles. The Morgan fingerprint density at radius 2 is 1.83 bits per heavy atom. The van der Waals surface area contributed by atoms with Gasteiger partial charge >= 0.3 is 0 Å². The van der Waals surface area contributed by atoms with Gasteiger partial charge < -0.3 is 15.5 Å². The molecule has 0 unspecified atom stereocenters. The van der Waals surface area contributed by atoms with Crippen molar-refractivity contribution in [2.24, 2.45) is 4.99 Å². The number of nitrogens with zero attached hydrogens (tertiary/aromatic N) is 3. The van der Waals surface area contributed by atoms with Crippen molar-refractivity contribution in [2.75, 3.05) is 53.4 Å². The monoisotopic (exact) mass is 533 g/mol. The molecule has 1 aromatic rings. The summed E-state index contributed by atoms with van der Waals surface area (Å²) in [5.41, 5.74) is 0.373. The number of halogens is 1. The normalized spacial score (nSPS) is 21.4. The van der Waals surface area contributed by atoms with E-state index in [0.29, 0.717) is 0 Å². The summed E-state index contributed by atoms with van der Waals surface area (Å²) in [4.78, 5) is 11.2. The lowest BCUT2D eigenvalue weighted by atomic mass is 9.84. The fourth-order valence-corrected chi connectivity index (χ4v) is 5.38. The first-order chi connectivity index (χ1) is 13.5. The summed E-state index contributed by atoms with van der Waals surface area (Å²) in [6.07, 6.45) is 6.57. The van der Waals surface area contributed by atoms with Gasteiger partial charge in [0.15, 0.2) is 5.96 Å². The largest absolute Gasteiger partial charge is 0.356 e. The van der Waals surface area contributed by atoms with Crippen LogP contribution in [-0.4, -0.2) is 74.7 Å². The number of hydrogen-bond donors (Lipinski definition) is 2. The van der Waals surface area contributed by atoms with E-state index >= 15 is 0 Å². The second-order valence-corrected chi connectivity index (χ2v) is 10.2. The van der Waals surface area contributed by atoms with Gasteiger partial charge in [0.2, 0.25) is 0 Å². The van der Waals surface area contributed by atoms with Gasteiger partial charge in [-0.3, -0.25) is 9.89 Å². The van der Waals surface area contributed by atoms with Gasteiger partial charge in [-0.25, -0.2) is 0 Å². The Morgan fingerprint density at radius 1 is 1.14 bits per heavy atom. The predicted octanol–water partition coefficient (Wildman–Crippen LogP) is 3.76. The molecule has 2 aliphatic heterocycles. The number of guanidine groups is 1. The molecule has 2 saturated heterocycles. The molecule has 29 heavy (non-hydrogen) atoms. The van der Waals surface area contributed by atoms with Gasteiger partial charge in [-0.1, -0.05) is 26.3 Å². The van der Waals surface area contributed by atoms with Crippen molar-refractivity contribution in [3.05, 3.63) is 22.4 Å². The summed E-state index contributed by atoms with van der Waals surface area (Å²) in [6.45, 7) is 11.3. The number of aliphatic imine (C=N–C) groups is 1. The molecule has 3 rings (SSSR count). The highest BCUT2D eigenvalue weighted by Crippen LogP contribution is 2.31. The lowest BCUT2D eigenvalue weighted by Crippen LogP contribution is -2.62. The lowest BCUT2D eigenvalue weighted by molar-refractivity contribution is 0.0173. The Hall–Kier alpha value is -0.380. The Bertz CT molecular complexity index is 617. The van der Waals surface area contributed by atoms with Crippen molar-refractivity contribution >= 4 is 41.3 Å².